The first-order valence-electron chi connectivity index (χ1n) is 8.82. The molecule has 0 bridgehead atoms. The number of carbonyl (C=O) groups excluding carboxylic acids is 2. The van der Waals surface area contributed by atoms with Crippen LogP contribution in [0.25, 0.3) is 0 Å². The number of aromatic nitrogens is 2. The molecule has 1 N–H and O–H groups in total. The number of hydrogen-bond acceptors (Lipinski definition) is 3. The van der Waals surface area contributed by atoms with Crippen LogP contribution in [0.5, 0.6) is 0 Å². The second kappa shape index (κ2) is 7.96. The Morgan fingerprint density at radius 2 is 2.16 bits per heavy atom. The van der Waals surface area contributed by atoms with Crippen molar-refractivity contribution in [1.82, 2.24) is 15.1 Å². The number of amides is 2. The maximum atomic E-state index is 12.4. The third-order valence-electron chi connectivity index (χ3n) is 4.58. The van der Waals surface area contributed by atoms with Crippen molar-refractivity contribution in [3.63, 3.8) is 0 Å². The highest BCUT2D eigenvalue weighted by Gasteiger charge is 2.35. The molecule has 0 aliphatic carbocycles. The molecule has 1 aliphatic rings. The molecule has 1 atom stereocenters. The number of hydrogen-bond donors (Lipinski definition) is 1. The summed E-state index contributed by atoms with van der Waals surface area (Å²) in [5, 5.41) is 7.08. The first kappa shape index (κ1) is 17.2. The second-order valence-corrected chi connectivity index (χ2v) is 6.30. The number of nitrogens with zero attached hydrogens (tertiary/aromatic N) is 3. The maximum absolute atomic E-state index is 12.4. The fourth-order valence-electron chi connectivity index (χ4n) is 3.22. The van der Waals surface area contributed by atoms with Gasteiger partial charge in [-0.05, 0) is 30.5 Å². The highest BCUT2D eigenvalue weighted by Crippen LogP contribution is 2.28. The van der Waals surface area contributed by atoms with Gasteiger partial charge >= 0.3 is 0 Å². The normalized spacial score (nSPS) is 17.1. The van der Waals surface area contributed by atoms with E-state index in [1.54, 1.807) is 11.1 Å². The van der Waals surface area contributed by atoms with Gasteiger partial charge in [0, 0.05) is 44.1 Å². The molecule has 2 aromatic rings. The van der Waals surface area contributed by atoms with Crippen LogP contribution < -0.4 is 10.2 Å². The van der Waals surface area contributed by atoms with Gasteiger partial charge in [-0.15, -0.1) is 0 Å². The molecular formula is C19H24N4O2. The minimum Gasteiger partial charge on any atom is -0.356 e. The quantitative estimate of drug-likeness (QED) is 0.784. The average Bonchev–Trinajstić information content (AvgIpc) is 3.28. The molecule has 0 unspecified atom stereocenters. The summed E-state index contributed by atoms with van der Waals surface area (Å²) < 4.78 is 1.84. The summed E-state index contributed by atoms with van der Waals surface area (Å²) in [4.78, 5) is 26.5. The highest BCUT2D eigenvalue weighted by atomic mass is 16.2. The predicted octanol–water partition coefficient (Wildman–Crippen LogP) is 2.00. The van der Waals surface area contributed by atoms with Crippen LogP contribution in [0.15, 0.2) is 42.7 Å². The van der Waals surface area contributed by atoms with Crippen LogP contribution in [0.2, 0.25) is 0 Å². The first-order chi connectivity index (χ1) is 12.2. The van der Waals surface area contributed by atoms with E-state index >= 15 is 0 Å². The molecule has 6 heteroatoms. The summed E-state index contributed by atoms with van der Waals surface area (Å²) in [5.41, 5.74) is 2.07. The molecule has 2 heterocycles. The van der Waals surface area contributed by atoms with Gasteiger partial charge in [0.2, 0.25) is 11.8 Å². The lowest BCUT2D eigenvalue weighted by Crippen LogP contribution is -2.34. The minimum atomic E-state index is -0.276. The number of aryl methyl sites for hydroxylation is 2. The standard InChI is InChI=1S/C19H24N4O2/c1-2-15-7-3-4-8-17(15)23-14-16(13-18(23)24)19(25)20-9-5-11-22-12-6-10-21-22/h3-4,6-8,10,12,16H,2,5,9,11,13-14H2,1H3,(H,20,25)/t16-/m1/s1. The zero-order valence-corrected chi connectivity index (χ0v) is 14.5. The number of benzene rings is 1. The Bertz CT molecular complexity index is 727. The molecule has 1 aromatic carbocycles. The molecule has 0 spiro atoms. The van der Waals surface area contributed by atoms with Crippen molar-refractivity contribution in [2.24, 2.45) is 5.92 Å². The smallest absolute Gasteiger partial charge is 0.227 e. The Kier molecular flexibility index (Phi) is 5.48. The number of carbonyl (C=O) groups is 2. The van der Waals surface area contributed by atoms with Gasteiger partial charge in [0.15, 0.2) is 0 Å². The molecule has 1 aliphatic heterocycles. The van der Waals surface area contributed by atoms with Crippen molar-refractivity contribution in [1.29, 1.82) is 0 Å². The second-order valence-electron chi connectivity index (χ2n) is 6.30. The number of nitrogens with one attached hydrogen (secondary N) is 1. The van der Waals surface area contributed by atoms with E-state index in [-0.39, 0.29) is 24.2 Å². The predicted molar refractivity (Wildman–Crippen MR) is 96.1 cm³/mol. The Morgan fingerprint density at radius 1 is 1.32 bits per heavy atom. The third-order valence-corrected chi connectivity index (χ3v) is 4.58. The SMILES string of the molecule is CCc1ccccc1N1C[C@H](C(=O)NCCCn2cccn2)CC1=O. The zero-order valence-electron chi connectivity index (χ0n) is 14.5. The molecule has 1 saturated heterocycles. The van der Waals surface area contributed by atoms with Crippen molar-refractivity contribution in [3.05, 3.63) is 48.3 Å². The largest absolute Gasteiger partial charge is 0.356 e. The molecular weight excluding hydrogens is 316 g/mol. The summed E-state index contributed by atoms with van der Waals surface area (Å²) in [6.45, 7) is 3.89. The van der Waals surface area contributed by atoms with E-state index in [9.17, 15) is 9.59 Å². The molecule has 1 aromatic heterocycles. The fourth-order valence-corrected chi connectivity index (χ4v) is 3.22. The lowest BCUT2D eigenvalue weighted by molar-refractivity contribution is -0.126. The van der Waals surface area contributed by atoms with Crippen LogP contribution in [0.1, 0.15) is 25.3 Å². The number of para-hydroxylation sites is 1. The minimum absolute atomic E-state index is 0.0255. The molecule has 1 fully saturated rings. The van der Waals surface area contributed by atoms with Crippen molar-refractivity contribution < 1.29 is 9.59 Å². The molecule has 0 saturated carbocycles. The van der Waals surface area contributed by atoms with Crippen molar-refractivity contribution >= 4 is 17.5 Å². The van der Waals surface area contributed by atoms with E-state index in [0.717, 1.165) is 30.6 Å². The van der Waals surface area contributed by atoms with Gasteiger partial charge in [-0.25, -0.2) is 0 Å². The Hall–Kier alpha value is -2.63. The third kappa shape index (κ3) is 4.07. The van der Waals surface area contributed by atoms with Crippen LogP contribution in [0.4, 0.5) is 5.69 Å². The van der Waals surface area contributed by atoms with E-state index in [0.29, 0.717) is 13.1 Å². The van der Waals surface area contributed by atoms with E-state index in [1.165, 1.54) is 0 Å². The van der Waals surface area contributed by atoms with Gasteiger partial charge in [0.05, 0.1) is 5.92 Å². The van der Waals surface area contributed by atoms with E-state index in [1.807, 2.05) is 41.2 Å². The lowest BCUT2D eigenvalue weighted by Gasteiger charge is -2.20. The lowest BCUT2D eigenvalue weighted by atomic mass is 10.1. The van der Waals surface area contributed by atoms with Crippen LogP contribution in [-0.2, 0) is 22.6 Å². The maximum Gasteiger partial charge on any atom is 0.227 e. The van der Waals surface area contributed by atoms with Crippen LogP contribution in [0, 0.1) is 5.92 Å². The average molecular weight is 340 g/mol. The van der Waals surface area contributed by atoms with E-state index < -0.39 is 0 Å². The van der Waals surface area contributed by atoms with Crippen LogP contribution in [-0.4, -0.2) is 34.7 Å². The van der Waals surface area contributed by atoms with Crippen LogP contribution in [0.3, 0.4) is 0 Å². The molecule has 3 rings (SSSR count). The monoisotopic (exact) mass is 340 g/mol. The fraction of sp³-hybridized carbons (Fsp3) is 0.421. The summed E-state index contributed by atoms with van der Waals surface area (Å²) in [7, 11) is 0. The summed E-state index contributed by atoms with van der Waals surface area (Å²) >= 11 is 0. The van der Waals surface area contributed by atoms with Crippen molar-refractivity contribution in [2.75, 3.05) is 18.0 Å². The van der Waals surface area contributed by atoms with E-state index in [4.69, 9.17) is 0 Å². The molecule has 0 radical (unpaired) electrons. The topological polar surface area (TPSA) is 67.2 Å². The van der Waals surface area contributed by atoms with Gasteiger partial charge in [0.25, 0.3) is 0 Å². The Morgan fingerprint density at radius 3 is 2.92 bits per heavy atom. The van der Waals surface area contributed by atoms with Gasteiger partial charge in [-0.2, -0.15) is 5.10 Å². The zero-order chi connectivity index (χ0) is 17.6. The number of anilines is 1. The van der Waals surface area contributed by atoms with Gasteiger partial charge in [0.1, 0.15) is 0 Å². The van der Waals surface area contributed by atoms with Crippen molar-refractivity contribution in [3.8, 4) is 0 Å². The summed E-state index contributed by atoms with van der Waals surface area (Å²) in [6.07, 6.45) is 5.61. The molecule has 6 nitrogen and oxygen atoms in total. The molecule has 132 valence electrons. The molecule has 25 heavy (non-hydrogen) atoms. The van der Waals surface area contributed by atoms with Crippen molar-refractivity contribution in [2.45, 2.75) is 32.7 Å². The summed E-state index contributed by atoms with van der Waals surface area (Å²) in [5.74, 6) is -0.287. The van der Waals surface area contributed by atoms with Gasteiger partial charge < -0.3 is 10.2 Å². The highest BCUT2D eigenvalue weighted by molar-refractivity contribution is 6.00. The summed E-state index contributed by atoms with van der Waals surface area (Å²) in [6, 6.07) is 9.79. The van der Waals surface area contributed by atoms with Gasteiger partial charge in [-0.3, -0.25) is 14.3 Å². The first-order valence-corrected chi connectivity index (χ1v) is 8.82. The van der Waals surface area contributed by atoms with E-state index in [2.05, 4.69) is 17.3 Å². The van der Waals surface area contributed by atoms with Crippen LogP contribution >= 0.6 is 0 Å². The Labute approximate surface area is 147 Å². The number of rotatable bonds is 7. The Balaban J connectivity index is 1.52. The van der Waals surface area contributed by atoms with Gasteiger partial charge in [-0.1, -0.05) is 25.1 Å². The molecule has 2 amide bonds.